The number of hydrogen-bond acceptors (Lipinski definition) is 7. The number of carbonyl (C=O) groups is 2. The minimum Gasteiger partial charge on any atom is -0.467 e. The van der Waals surface area contributed by atoms with Crippen molar-refractivity contribution in [2.45, 2.75) is 13.5 Å². The van der Waals surface area contributed by atoms with E-state index >= 15 is 0 Å². The Morgan fingerprint density at radius 3 is 2.68 bits per heavy atom. The van der Waals surface area contributed by atoms with Crippen LogP contribution in [0.25, 0.3) is 0 Å². The molecule has 0 fully saturated rings. The minimum atomic E-state index is -0.775. The molecule has 3 rings (SSSR count). The van der Waals surface area contributed by atoms with E-state index in [2.05, 4.69) is 20.8 Å². The van der Waals surface area contributed by atoms with Crippen LogP contribution in [-0.4, -0.2) is 36.3 Å². The highest BCUT2D eigenvalue weighted by atomic mass is 16.6. The number of nitro groups is 1. The first-order valence-electron chi connectivity index (χ1n) is 8.11. The predicted molar refractivity (Wildman–Crippen MR) is 95.6 cm³/mol. The van der Waals surface area contributed by atoms with Gasteiger partial charge in [-0.25, -0.2) is 0 Å². The standard InChI is InChI=1S/C16H17N7O5/c1-9-13(23(26)27)14(22(3)19-9)16(25)18-11-8-21(2)20-12(11)15(24)17-7-10-5-4-6-28-10/h4-6,8H,7H2,1-3H3,(H,17,24)(H,18,25). The molecule has 0 aromatic carbocycles. The van der Waals surface area contributed by atoms with E-state index in [1.54, 1.807) is 19.2 Å². The molecule has 0 spiro atoms. The summed E-state index contributed by atoms with van der Waals surface area (Å²) in [6.45, 7) is 1.58. The highest BCUT2D eigenvalue weighted by Crippen LogP contribution is 2.24. The van der Waals surface area contributed by atoms with Crippen molar-refractivity contribution in [1.29, 1.82) is 0 Å². The van der Waals surface area contributed by atoms with Crippen molar-refractivity contribution in [2.75, 3.05) is 5.32 Å². The van der Waals surface area contributed by atoms with Crippen LogP contribution in [0, 0.1) is 17.0 Å². The van der Waals surface area contributed by atoms with Crippen LogP contribution >= 0.6 is 0 Å². The van der Waals surface area contributed by atoms with Crippen LogP contribution in [0.15, 0.2) is 29.0 Å². The van der Waals surface area contributed by atoms with Crippen molar-refractivity contribution in [3.63, 3.8) is 0 Å². The van der Waals surface area contributed by atoms with Crippen LogP contribution in [0.5, 0.6) is 0 Å². The smallest absolute Gasteiger partial charge is 0.322 e. The van der Waals surface area contributed by atoms with Gasteiger partial charge in [-0.1, -0.05) is 0 Å². The number of nitrogens with one attached hydrogen (secondary N) is 2. The van der Waals surface area contributed by atoms with Gasteiger partial charge in [0.05, 0.1) is 23.4 Å². The Kier molecular flexibility index (Phi) is 4.94. The van der Waals surface area contributed by atoms with E-state index in [4.69, 9.17) is 4.42 Å². The van der Waals surface area contributed by atoms with E-state index in [9.17, 15) is 19.7 Å². The van der Waals surface area contributed by atoms with Crippen molar-refractivity contribution in [1.82, 2.24) is 24.9 Å². The zero-order valence-corrected chi connectivity index (χ0v) is 15.3. The third kappa shape index (κ3) is 3.60. The molecule has 0 aliphatic carbocycles. The second-order valence-electron chi connectivity index (χ2n) is 5.94. The lowest BCUT2D eigenvalue weighted by Gasteiger charge is -2.06. The molecule has 12 nitrogen and oxygen atoms in total. The van der Waals surface area contributed by atoms with Crippen LogP contribution in [-0.2, 0) is 20.6 Å². The van der Waals surface area contributed by atoms with Crippen molar-refractivity contribution >= 4 is 23.2 Å². The van der Waals surface area contributed by atoms with E-state index in [0.717, 1.165) is 4.68 Å². The molecule has 0 aliphatic heterocycles. The Bertz CT molecular complexity index is 1050. The van der Waals surface area contributed by atoms with Crippen molar-refractivity contribution in [2.24, 2.45) is 14.1 Å². The maximum atomic E-state index is 12.6. The average Bonchev–Trinajstić information content (AvgIpc) is 3.32. The Morgan fingerprint density at radius 1 is 1.29 bits per heavy atom. The molecule has 3 heterocycles. The number of anilines is 1. The van der Waals surface area contributed by atoms with Gasteiger partial charge in [-0.15, -0.1) is 0 Å². The van der Waals surface area contributed by atoms with Crippen LogP contribution < -0.4 is 10.6 Å². The maximum absolute atomic E-state index is 12.6. The topological polar surface area (TPSA) is 150 Å². The first kappa shape index (κ1) is 18.8. The maximum Gasteiger partial charge on any atom is 0.322 e. The van der Waals surface area contributed by atoms with Crippen LogP contribution in [0.4, 0.5) is 11.4 Å². The largest absolute Gasteiger partial charge is 0.467 e. The summed E-state index contributed by atoms with van der Waals surface area (Å²) in [4.78, 5) is 35.7. The third-order valence-corrected chi connectivity index (χ3v) is 3.88. The first-order chi connectivity index (χ1) is 13.3. The lowest BCUT2D eigenvalue weighted by molar-refractivity contribution is -0.385. The molecule has 2 amide bonds. The van der Waals surface area contributed by atoms with E-state index < -0.39 is 22.4 Å². The number of rotatable bonds is 6. The summed E-state index contributed by atoms with van der Waals surface area (Å²) < 4.78 is 7.61. The number of aryl methyl sites for hydroxylation is 3. The fraction of sp³-hybridized carbons (Fsp3) is 0.250. The summed E-state index contributed by atoms with van der Waals surface area (Å²) in [5.74, 6) is -0.762. The van der Waals surface area contributed by atoms with E-state index in [-0.39, 0.29) is 29.3 Å². The highest BCUT2D eigenvalue weighted by molar-refractivity contribution is 6.09. The lowest BCUT2D eigenvalue weighted by atomic mass is 10.2. The van der Waals surface area contributed by atoms with E-state index in [1.165, 1.54) is 31.1 Å². The van der Waals surface area contributed by atoms with Gasteiger partial charge in [-0.2, -0.15) is 10.2 Å². The molecular formula is C16H17N7O5. The quantitative estimate of drug-likeness (QED) is 0.475. The fourth-order valence-corrected chi connectivity index (χ4v) is 2.71. The highest BCUT2D eigenvalue weighted by Gasteiger charge is 2.30. The Labute approximate surface area is 158 Å². The van der Waals surface area contributed by atoms with Gasteiger partial charge in [-0.3, -0.25) is 29.1 Å². The number of carbonyl (C=O) groups excluding carboxylic acids is 2. The summed E-state index contributed by atoms with van der Waals surface area (Å²) >= 11 is 0. The van der Waals surface area contributed by atoms with Gasteiger partial charge in [0, 0.05) is 20.3 Å². The van der Waals surface area contributed by atoms with Gasteiger partial charge in [-0.05, 0) is 19.1 Å². The molecular weight excluding hydrogens is 370 g/mol. The Balaban J connectivity index is 1.83. The number of aromatic nitrogens is 4. The summed E-state index contributed by atoms with van der Waals surface area (Å²) in [7, 11) is 3.00. The summed E-state index contributed by atoms with van der Waals surface area (Å²) in [6.07, 6.45) is 2.91. The molecule has 146 valence electrons. The van der Waals surface area contributed by atoms with Gasteiger partial charge in [0.2, 0.25) is 5.69 Å². The molecule has 2 N–H and O–H groups in total. The molecule has 0 saturated carbocycles. The Morgan fingerprint density at radius 2 is 2.04 bits per heavy atom. The Hall–Kier alpha value is -3.96. The molecule has 0 bridgehead atoms. The molecule has 0 atom stereocenters. The zero-order valence-electron chi connectivity index (χ0n) is 15.3. The van der Waals surface area contributed by atoms with Gasteiger partial charge in [0.15, 0.2) is 5.69 Å². The fourth-order valence-electron chi connectivity index (χ4n) is 2.71. The molecule has 12 heteroatoms. The van der Waals surface area contributed by atoms with Crippen LogP contribution in [0.3, 0.4) is 0 Å². The zero-order chi connectivity index (χ0) is 20.4. The number of amides is 2. The number of nitrogens with zero attached hydrogens (tertiary/aromatic N) is 5. The molecule has 0 unspecified atom stereocenters. The lowest BCUT2D eigenvalue weighted by Crippen LogP contribution is -2.25. The molecule has 0 radical (unpaired) electrons. The normalized spacial score (nSPS) is 10.7. The number of furan rings is 1. The summed E-state index contributed by atoms with van der Waals surface area (Å²) in [5, 5.41) is 24.4. The molecule has 0 saturated heterocycles. The van der Waals surface area contributed by atoms with Crippen molar-refractivity contribution in [3.8, 4) is 0 Å². The molecule has 3 aromatic heterocycles. The van der Waals surface area contributed by atoms with Crippen molar-refractivity contribution in [3.05, 3.63) is 57.5 Å². The monoisotopic (exact) mass is 387 g/mol. The van der Waals surface area contributed by atoms with Crippen molar-refractivity contribution < 1.29 is 18.9 Å². The van der Waals surface area contributed by atoms with Crippen LogP contribution in [0.1, 0.15) is 32.4 Å². The summed E-state index contributed by atoms with van der Waals surface area (Å²) in [6, 6.07) is 3.39. The summed E-state index contributed by atoms with van der Waals surface area (Å²) in [5.41, 5.74) is -0.442. The molecule has 28 heavy (non-hydrogen) atoms. The predicted octanol–water partition coefficient (Wildman–Crippen LogP) is 1.15. The van der Waals surface area contributed by atoms with Gasteiger partial charge in [0.25, 0.3) is 11.8 Å². The second kappa shape index (κ2) is 7.34. The SMILES string of the molecule is Cc1nn(C)c(C(=O)Nc2cn(C)nc2C(=O)NCc2ccco2)c1[N+](=O)[O-]. The molecule has 3 aromatic rings. The average molecular weight is 387 g/mol. The van der Waals surface area contributed by atoms with Crippen LogP contribution in [0.2, 0.25) is 0 Å². The van der Waals surface area contributed by atoms with Gasteiger partial charge < -0.3 is 15.1 Å². The molecule has 0 aliphatic rings. The second-order valence-corrected chi connectivity index (χ2v) is 5.94. The third-order valence-electron chi connectivity index (χ3n) is 3.88. The van der Waals surface area contributed by atoms with Gasteiger partial charge in [0.1, 0.15) is 11.5 Å². The van der Waals surface area contributed by atoms with Gasteiger partial charge >= 0.3 is 5.69 Å². The van der Waals surface area contributed by atoms with E-state index in [1.807, 2.05) is 0 Å². The van der Waals surface area contributed by atoms with E-state index in [0.29, 0.717) is 5.76 Å². The number of hydrogen-bond donors (Lipinski definition) is 2. The minimum absolute atomic E-state index is 0.0380. The first-order valence-corrected chi connectivity index (χ1v) is 8.11.